The molecule has 0 aliphatic carbocycles. The topological polar surface area (TPSA) is 100 Å². The molecule has 7 heteroatoms. The summed E-state index contributed by atoms with van der Waals surface area (Å²) in [6.45, 7) is 2.47. The van der Waals surface area contributed by atoms with E-state index in [0.717, 1.165) is 11.3 Å². The van der Waals surface area contributed by atoms with Gasteiger partial charge in [0.1, 0.15) is 0 Å². The molecule has 0 aromatic heterocycles. The Bertz CT molecular complexity index is 684. The van der Waals surface area contributed by atoms with Gasteiger partial charge in [-0.25, -0.2) is 0 Å². The van der Waals surface area contributed by atoms with Gasteiger partial charge in [0.05, 0.1) is 22.9 Å². The second-order valence-corrected chi connectivity index (χ2v) is 4.63. The highest BCUT2D eigenvalue weighted by Gasteiger charge is 2.03. The number of nitro benzene ring substituents is 1. The van der Waals surface area contributed by atoms with Crippen LogP contribution in [0.1, 0.15) is 5.56 Å². The standard InChI is InChI=1S/C15H16N4O3/c1-11-10-13(16-8-9-20)4-7-15(11)18-17-12-2-5-14(6-3-12)19(21)22/h2-7,10,16,20H,8-9H2,1H3. The molecule has 0 saturated carbocycles. The fraction of sp³-hybridized carbons (Fsp3) is 0.200. The third kappa shape index (κ3) is 4.10. The molecule has 2 aromatic rings. The van der Waals surface area contributed by atoms with Crippen molar-refractivity contribution >= 4 is 22.7 Å². The van der Waals surface area contributed by atoms with Crippen LogP contribution in [0, 0.1) is 17.0 Å². The third-order valence-corrected chi connectivity index (χ3v) is 2.97. The van der Waals surface area contributed by atoms with Crippen molar-refractivity contribution in [3.63, 3.8) is 0 Å². The summed E-state index contributed by atoms with van der Waals surface area (Å²) in [6, 6.07) is 11.5. The summed E-state index contributed by atoms with van der Waals surface area (Å²) < 4.78 is 0. The van der Waals surface area contributed by atoms with Crippen LogP contribution in [0.2, 0.25) is 0 Å². The number of nitrogens with zero attached hydrogens (tertiary/aromatic N) is 3. The Hall–Kier alpha value is -2.80. The van der Waals surface area contributed by atoms with Gasteiger partial charge in [0.25, 0.3) is 5.69 Å². The summed E-state index contributed by atoms with van der Waals surface area (Å²) >= 11 is 0. The van der Waals surface area contributed by atoms with Crippen LogP contribution in [0.3, 0.4) is 0 Å². The summed E-state index contributed by atoms with van der Waals surface area (Å²) in [6.07, 6.45) is 0. The van der Waals surface area contributed by atoms with Crippen molar-refractivity contribution in [3.8, 4) is 0 Å². The van der Waals surface area contributed by atoms with Crippen molar-refractivity contribution in [2.75, 3.05) is 18.5 Å². The van der Waals surface area contributed by atoms with Gasteiger partial charge in [-0.3, -0.25) is 10.1 Å². The van der Waals surface area contributed by atoms with E-state index in [9.17, 15) is 10.1 Å². The number of aliphatic hydroxyl groups excluding tert-OH is 1. The molecular weight excluding hydrogens is 284 g/mol. The van der Waals surface area contributed by atoms with Crippen LogP contribution in [0.4, 0.5) is 22.7 Å². The van der Waals surface area contributed by atoms with Crippen LogP contribution in [0.15, 0.2) is 52.7 Å². The third-order valence-electron chi connectivity index (χ3n) is 2.97. The Morgan fingerprint density at radius 1 is 1.18 bits per heavy atom. The number of hydrogen-bond acceptors (Lipinski definition) is 6. The average Bonchev–Trinajstić information content (AvgIpc) is 2.52. The van der Waals surface area contributed by atoms with Crippen molar-refractivity contribution in [3.05, 3.63) is 58.1 Å². The fourth-order valence-corrected chi connectivity index (χ4v) is 1.83. The lowest BCUT2D eigenvalue weighted by Gasteiger charge is -2.06. The van der Waals surface area contributed by atoms with Crippen molar-refractivity contribution in [2.24, 2.45) is 10.2 Å². The van der Waals surface area contributed by atoms with E-state index in [2.05, 4.69) is 15.5 Å². The van der Waals surface area contributed by atoms with Crippen LogP contribution in [0.25, 0.3) is 0 Å². The van der Waals surface area contributed by atoms with E-state index in [4.69, 9.17) is 5.11 Å². The SMILES string of the molecule is Cc1cc(NCCO)ccc1N=Nc1ccc([N+](=O)[O-])cc1. The van der Waals surface area contributed by atoms with E-state index < -0.39 is 4.92 Å². The second-order valence-electron chi connectivity index (χ2n) is 4.63. The van der Waals surface area contributed by atoms with E-state index in [1.807, 2.05) is 25.1 Å². The zero-order chi connectivity index (χ0) is 15.9. The van der Waals surface area contributed by atoms with E-state index in [1.54, 1.807) is 12.1 Å². The molecule has 0 fully saturated rings. The quantitative estimate of drug-likeness (QED) is 0.482. The molecule has 2 rings (SSSR count). The van der Waals surface area contributed by atoms with Crippen LogP contribution < -0.4 is 5.32 Å². The predicted octanol–water partition coefficient (Wildman–Crippen LogP) is 3.72. The molecule has 2 N–H and O–H groups in total. The van der Waals surface area contributed by atoms with Crippen molar-refractivity contribution in [1.29, 1.82) is 0 Å². The minimum absolute atomic E-state index is 0.0226. The summed E-state index contributed by atoms with van der Waals surface area (Å²) in [5.41, 5.74) is 3.13. The van der Waals surface area contributed by atoms with E-state index in [1.165, 1.54) is 12.1 Å². The molecule has 0 radical (unpaired) electrons. The number of rotatable bonds is 6. The molecule has 0 unspecified atom stereocenters. The fourth-order valence-electron chi connectivity index (χ4n) is 1.83. The van der Waals surface area contributed by atoms with Crippen LogP contribution in [-0.4, -0.2) is 23.2 Å². The zero-order valence-electron chi connectivity index (χ0n) is 12.1. The van der Waals surface area contributed by atoms with Crippen molar-refractivity contribution < 1.29 is 10.0 Å². The zero-order valence-corrected chi connectivity index (χ0v) is 12.1. The molecule has 0 aliphatic heterocycles. The summed E-state index contributed by atoms with van der Waals surface area (Å²) in [7, 11) is 0. The van der Waals surface area contributed by atoms with Crippen molar-refractivity contribution in [2.45, 2.75) is 6.92 Å². The van der Waals surface area contributed by atoms with E-state index in [0.29, 0.717) is 17.9 Å². The molecule has 0 spiro atoms. The Morgan fingerprint density at radius 2 is 1.91 bits per heavy atom. The first-order valence-corrected chi connectivity index (χ1v) is 6.72. The summed E-state index contributed by atoms with van der Waals surface area (Å²) in [5.74, 6) is 0. The molecule has 114 valence electrons. The summed E-state index contributed by atoms with van der Waals surface area (Å²) in [5, 5.41) is 30.6. The highest BCUT2D eigenvalue weighted by atomic mass is 16.6. The maximum absolute atomic E-state index is 10.6. The molecule has 0 heterocycles. The normalized spacial score (nSPS) is 10.8. The number of non-ortho nitro benzene ring substituents is 1. The van der Waals surface area contributed by atoms with Gasteiger partial charge in [0.2, 0.25) is 0 Å². The monoisotopic (exact) mass is 300 g/mol. The lowest BCUT2D eigenvalue weighted by atomic mass is 10.2. The highest BCUT2D eigenvalue weighted by Crippen LogP contribution is 2.25. The number of benzene rings is 2. The number of azo groups is 1. The van der Waals surface area contributed by atoms with Gasteiger partial charge in [0.15, 0.2) is 0 Å². The minimum atomic E-state index is -0.455. The van der Waals surface area contributed by atoms with Crippen LogP contribution >= 0.6 is 0 Å². The van der Waals surface area contributed by atoms with E-state index in [-0.39, 0.29) is 12.3 Å². The molecule has 0 bridgehead atoms. The Morgan fingerprint density at radius 3 is 2.50 bits per heavy atom. The van der Waals surface area contributed by atoms with Crippen molar-refractivity contribution in [1.82, 2.24) is 0 Å². The molecular formula is C15H16N4O3. The number of aryl methyl sites for hydroxylation is 1. The molecule has 0 saturated heterocycles. The van der Waals surface area contributed by atoms with Gasteiger partial charge in [-0.2, -0.15) is 10.2 Å². The minimum Gasteiger partial charge on any atom is -0.395 e. The Balaban J connectivity index is 2.10. The first-order chi connectivity index (χ1) is 10.6. The van der Waals surface area contributed by atoms with Crippen LogP contribution in [-0.2, 0) is 0 Å². The van der Waals surface area contributed by atoms with E-state index >= 15 is 0 Å². The summed E-state index contributed by atoms with van der Waals surface area (Å²) in [4.78, 5) is 10.1. The maximum atomic E-state index is 10.6. The number of anilines is 1. The van der Waals surface area contributed by atoms with Gasteiger partial charge in [0, 0.05) is 24.4 Å². The number of hydrogen-bond donors (Lipinski definition) is 2. The molecule has 22 heavy (non-hydrogen) atoms. The lowest BCUT2D eigenvalue weighted by Crippen LogP contribution is -2.05. The molecule has 0 amide bonds. The smallest absolute Gasteiger partial charge is 0.269 e. The second kappa shape index (κ2) is 7.28. The maximum Gasteiger partial charge on any atom is 0.269 e. The molecule has 0 aliphatic rings. The molecule has 2 aromatic carbocycles. The van der Waals surface area contributed by atoms with Gasteiger partial charge in [-0.15, -0.1) is 0 Å². The Kier molecular flexibility index (Phi) is 5.16. The highest BCUT2D eigenvalue weighted by molar-refractivity contribution is 5.56. The van der Waals surface area contributed by atoms with Gasteiger partial charge in [-0.05, 0) is 42.8 Å². The van der Waals surface area contributed by atoms with Crippen LogP contribution in [0.5, 0.6) is 0 Å². The lowest BCUT2D eigenvalue weighted by molar-refractivity contribution is -0.384. The van der Waals surface area contributed by atoms with Gasteiger partial charge in [-0.1, -0.05) is 0 Å². The largest absolute Gasteiger partial charge is 0.395 e. The average molecular weight is 300 g/mol. The van der Waals surface area contributed by atoms with Gasteiger partial charge < -0.3 is 10.4 Å². The number of aliphatic hydroxyl groups is 1. The first kappa shape index (κ1) is 15.6. The van der Waals surface area contributed by atoms with Gasteiger partial charge >= 0.3 is 0 Å². The molecule has 7 nitrogen and oxygen atoms in total. The number of nitrogens with one attached hydrogen (secondary N) is 1. The number of nitro groups is 1. The Labute approximate surface area is 127 Å². The predicted molar refractivity (Wildman–Crippen MR) is 84.0 cm³/mol. The molecule has 0 atom stereocenters. The first-order valence-electron chi connectivity index (χ1n) is 6.72.